The molecule has 3 aromatic carbocycles. The lowest BCUT2D eigenvalue weighted by atomic mass is 10.1. The summed E-state index contributed by atoms with van der Waals surface area (Å²) < 4.78 is 11.4. The molecule has 1 atom stereocenters. The molecule has 1 aliphatic rings. The van der Waals surface area contributed by atoms with E-state index < -0.39 is 6.10 Å². The Kier molecular flexibility index (Phi) is 6.84. The van der Waals surface area contributed by atoms with Gasteiger partial charge in [0.25, 0.3) is 11.8 Å². The molecule has 0 radical (unpaired) electrons. The average Bonchev–Trinajstić information content (AvgIpc) is 2.82. The van der Waals surface area contributed by atoms with E-state index in [1.807, 2.05) is 42.5 Å². The Morgan fingerprint density at radius 3 is 2.73 bits per heavy atom. The van der Waals surface area contributed by atoms with Crippen LogP contribution in [0.3, 0.4) is 0 Å². The molecule has 33 heavy (non-hydrogen) atoms. The molecule has 2 amide bonds. The van der Waals surface area contributed by atoms with Gasteiger partial charge < -0.3 is 19.7 Å². The van der Waals surface area contributed by atoms with Crippen LogP contribution >= 0.6 is 11.6 Å². The second-order valence-corrected chi connectivity index (χ2v) is 8.20. The molecule has 0 aromatic heterocycles. The zero-order valence-corrected chi connectivity index (χ0v) is 19.3. The average molecular weight is 465 g/mol. The third-order valence-electron chi connectivity index (χ3n) is 5.41. The Bertz CT molecular complexity index is 1180. The molecule has 0 saturated carbocycles. The number of rotatable bonds is 7. The molecule has 0 saturated heterocycles. The van der Waals surface area contributed by atoms with E-state index in [1.165, 1.54) is 0 Å². The van der Waals surface area contributed by atoms with Gasteiger partial charge in [0.05, 0.1) is 12.2 Å². The molecule has 1 N–H and O–H groups in total. The fraction of sp³-hybridized carbons (Fsp3) is 0.231. The molecule has 6 nitrogen and oxygen atoms in total. The SMILES string of the molecule is CCc1cccc(OCC(=O)Nc2ccc3c(c2)N(Cc2ccccc2Cl)C(=O)C(C)O3)c1. The van der Waals surface area contributed by atoms with E-state index in [9.17, 15) is 9.59 Å². The van der Waals surface area contributed by atoms with E-state index in [2.05, 4.69) is 12.2 Å². The number of anilines is 2. The first kappa shape index (κ1) is 22.7. The highest BCUT2D eigenvalue weighted by molar-refractivity contribution is 6.31. The third-order valence-corrected chi connectivity index (χ3v) is 5.78. The number of halogens is 1. The largest absolute Gasteiger partial charge is 0.484 e. The van der Waals surface area contributed by atoms with E-state index in [1.54, 1.807) is 36.1 Å². The van der Waals surface area contributed by atoms with Gasteiger partial charge in [-0.3, -0.25) is 9.59 Å². The predicted molar refractivity (Wildman–Crippen MR) is 129 cm³/mol. The zero-order valence-electron chi connectivity index (χ0n) is 18.5. The fourth-order valence-electron chi connectivity index (χ4n) is 3.65. The molecular weight excluding hydrogens is 440 g/mol. The molecule has 0 bridgehead atoms. The molecule has 0 aliphatic carbocycles. The molecule has 1 aliphatic heterocycles. The third kappa shape index (κ3) is 5.29. The standard InChI is InChI=1S/C26H25ClN2O4/c1-3-18-7-6-9-21(13-18)32-16-25(30)28-20-11-12-24-23(14-20)29(26(31)17(2)33-24)15-19-8-4-5-10-22(19)27/h4-14,17H,3,15-16H2,1-2H3,(H,28,30). The van der Waals surface area contributed by atoms with Crippen molar-refractivity contribution in [3.63, 3.8) is 0 Å². The molecule has 0 fully saturated rings. The van der Waals surface area contributed by atoms with Crippen LogP contribution < -0.4 is 19.7 Å². The summed E-state index contributed by atoms with van der Waals surface area (Å²) in [5.41, 5.74) is 3.08. The highest BCUT2D eigenvalue weighted by Gasteiger charge is 2.32. The highest BCUT2D eigenvalue weighted by atomic mass is 35.5. The van der Waals surface area contributed by atoms with Crippen molar-refractivity contribution in [1.29, 1.82) is 0 Å². The Balaban J connectivity index is 1.49. The van der Waals surface area contributed by atoms with E-state index in [-0.39, 0.29) is 18.4 Å². The van der Waals surface area contributed by atoms with Crippen molar-refractivity contribution in [2.75, 3.05) is 16.8 Å². The van der Waals surface area contributed by atoms with Gasteiger partial charge in [-0.1, -0.05) is 48.9 Å². The summed E-state index contributed by atoms with van der Waals surface area (Å²) in [6, 6.07) is 20.3. The first-order chi connectivity index (χ1) is 15.9. The molecule has 3 aromatic rings. The van der Waals surface area contributed by atoms with Gasteiger partial charge in [-0.05, 0) is 60.9 Å². The minimum absolute atomic E-state index is 0.125. The number of ether oxygens (including phenoxy) is 2. The number of hydrogen-bond acceptors (Lipinski definition) is 4. The van der Waals surface area contributed by atoms with Gasteiger partial charge in [0.1, 0.15) is 11.5 Å². The van der Waals surface area contributed by atoms with Crippen LogP contribution in [0.5, 0.6) is 11.5 Å². The Hall–Kier alpha value is -3.51. The first-order valence-electron chi connectivity index (χ1n) is 10.8. The van der Waals surface area contributed by atoms with Crippen molar-refractivity contribution in [3.8, 4) is 11.5 Å². The van der Waals surface area contributed by atoms with Crippen molar-refractivity contribution in [2.24, 2.45) is 0 Å². The fourth-order valence-corrected chi connectivity index (χ4v) is 3.84. The number of fused-ring (bicyclic) bond motifs is 1. The van der Waals surface area contributed by atoms with Crippen LogP contribution in [0.1, 0.15) is 25.0 Å². The topological polar surface area (TPSA) is 67.9 Å². The van der Waals surface area contributed by atoms with Crippen LogP contribution in [-0.4, -0.2) is 24.5 Å². The lowest BCUT2D eigenvalue weighted by molar-refractivity contribution is -0.125. The van der Waals surface area contributed by atoms with Gasteiger partial charge in [0.15, 0.2) is 12.7 Å². The van der Waals surface area contributed by atoms with Gasteiger partial charge in [-0.15, -0.1) is 0 Å². The highest BCUT2D eigenvalue weighted by Crippen LogP contribution is 2.37. The summed E-state index contributed by atoms with van der Waals surface area (Å²) in [5, 5.41) is 3.41. The molecular formula is C26H25ClN2O4. The second-order valence-electron chi connectivity index (χ2n) is 7.80. The smallest absolute Gasteiger partial charge is 0.268 e. The number of carbonyl (C=O) groups is 2. The number of benzene rings is 3. The van der Waals surface area contributed by atoms with Crippen molar-refractivity contribution in [3.05, 3.63) is 82.9 Å². The number of amides is 2. The number of nitrogens with one attached hydrogen (secondary N) is 1. The maximum atomic E-state index is 12.9. The van der Waals surface area contributed by atoms with Crippen LogP contribution in [0.15, 0.2) is 66.7 Å². The second kappa shape index (κ2) is 9.96. The van der Waals surface area contributed by atoms with Crippen LogP contribution in [0.25, 0.3) is 0 Å². The molecule has 170 valence electrons. The lowest BCUT2D eigenvalue weighted by Crippen LogP contribution is -2.44. The maximum Gasteiger partial charge on any atom is 0.268 e. The normalized spacial score (nSPS) is 14.9. The number of hydrogen-bond donors (Lipinski definition) is 1. The van der Waals surface area contributed by atoms with Crippen LogP contribution in [-0.2, 0) is 22.6 Å². The summed E-state index contributed by atoms with van der Waals surface area (Å²) in [4.78, 5) is 27.0. The van der Waals surface area contributed by atoms with Gasteiger partial charge in [-0.25, -0.2) is 0 Å². The van der Waals surface area contributed by atoms with E-state index in [0.29, 0.717) is 34.4 Å². The first-order valence-corrected chi connectivity index (χ1v) is 11.2. The zero-order chi connectivity index (χ0) is 23.4. The number of carbonyl (C=O) groups excluding carboxylic acids is 2. The van der Waals surface area contributed by atoms with Crippen LogP contribution in [0, 0.1) is 0 Å². The minimum atomic E-state index is -0.618. The summed E-state index contributed by atoms with van der Waals surface area (Å²) in [6.45, 7) is 3.95. The van der Waals surface area contributed by atoms with Crippen molar-refractivity contribution in [1.82, 2.24) is 0 Å². The molecule has 1 heterocycles. The van der Waals surface area contributed by atoms with Crippen molar-refractivity contribution in [2.45, 2.75) is 32.9 Å². The van der Waals surface area contributed by atoms with Crippen LogP contribution in [0.4, 0.5) is 11.4 Å². The molecule has 0 spiro atoms. The molecule has 7 heteroatoms. The molecule has 4 rings (SSSR count). The van der Waals surface area contributed by atoms with Crippen LogP contribution in [0.2, 0.25) is 5.02 Å². The lowest BCUT2D eigenvalue weighted by Gasteiger charge is -2.33. The Morgan fingerprint density at radius 1 is 1.12 bits per heavy atom. The monoisotopic (exact) mass is 464 g/mol. The van der Waals surface area contributed by atoms with Gasteiger partial charge in [0, 0.05) is 10.7 Å². The number of nitrogens with zero attached hydrogens (tertiary/aromatic N) is 1. The van der Waals surface area contributed by atoms with Crippen molar-refractivity contribution < 1.29 is 19.1 Å². The minimum Gasteiger partial charge on any atom is -0.484 e. The maximum absolute atomic E-state index is 12.9. The van der Waals surface area contributed by atoms with Gasteiger partial charge in [-0.2, -0.15) is 0 Å². The predicted octanol–water partition coefficient (Wildman–Crippen LogP) is 5.23. The van der Waals surface area contributed by atoms with E-state index >= 15 is 0 Å². The molecule has 1 unspecified atom stereocenters. The summed E-state index contributed by atoms with van der Waals surface area (Å²) in [7, 11) is 0. The quantitative estimate of drug-likeness (QED) is 0.519. The Labute approximate surface area is 198 Å². The van der Waals surface area contributed by atoms with E-state index in [4.69, 9.17) is 21.1 Å². The van der Waals surface area contributed by atoms with E-state index in [0.717, 1.165) is 17.5 Å². The van der Waals surface area contributed by atoms with Gasteiger partial charge >= 0.3 is 0 Å². The number of aryl methyl sites for hydroxylation is 1. The summed E-state index contributed by atoms with van der Waals surface area (Å²) in [6.07, 6.45) is 0.274. The Morgan fingerprint density at radius 2 is 1.94 bits per heavy atom. The summed E-state index contributed by atoms with van der Waals surface area (Å²) >= 11 is 6.32. The summed E-state index contributed by atoms with van der Waals surface area (Å²) in [5.74, 6) is 0.740. The van der Waals surface area contributed by atoms with Crippen molar-refractivity contribution >= 4 is 34.8 Å². The van der Waals surface area contributed by atoms with Gasteiger partial charge in [0.2, 0.25) is 0 Å².